The highest BCUT2D eigenvalue weighted by Crippen LogP contribution is 2.21. The summed E-state index contributed by atoms with van der Waals surface area (Å²) in [6, 6.07) is -0.377. The van der Waals surface area contributed by atoms with Gasteiger partial charge in [-0.15, -0.1) is 0 Å². The standard InChI is InChI=1S/C16H25N5O2/c1-11(17)16(23)21-7-5-13(6-8-21)12(2)20-15(22)4-3-14-9-18-10-19-14/h3-4,9-13H,5-8,17H2,1-2H3,(H,18,19)(H,20,22)/b4-3+. The van der Waals surface area contributed by atoms with Gasteiger partial charge in [-0.05, 0) is 38.7 Å². The first-order chi connectivity index (χ1) is 11.0. The largest absolute Gasteiger partial charge is 0.350 e. The molecule has 23 heavy (non-hydrogen) atoms. The summed E-state index contributed by atoms with van der Waals surface area (Å²) >= 11 is 0. The van der Waals surface area contributed by atoms with Crippen molar-refractivity contribution in [1.82, 2.24) is 20.2 Å². The van der Waals surface area contributed by atoms with E-state index in [0.29, 0.717) is 19.0 Å². The predicted molar refractivity (Wildman–Crippen MR) is 88.2 cm³/mol. The molecule has 2 unspecified atom stereocenters. The Kier molecular flexibility index (Phi) is 5.92. The molecule has 0 aromatic carbocycles. The zero-order valence-corrected chi connectivity index (χ0v) is 13.7. The Morgan fingerprint density at radius 2 is 2.13 bits per heavy atom. The van der Waals surface area contributed by atoms with E-state index in [1.165, 1.54) is 6.08 Å². The number of nitrogens with one attached hydrogen (secondary N) is 2. The number of carbonyl (C=O) groups is 2. The molecule has 1 aromatic rings. The monoisotopic (exact) mass is 319 g/mol. The summed E-state index contributed by atoms with van der Waals surface area (Å²) in [5.74, 6) is 0.250. The SMILES string of the molecule is CC(N)C(=O)N1CCC(C(C)NC(=O)/C=C/c2cnc[nH]2)CC1. The fourth-order valence-electron chi connectivity index (χ4n) is 2.82. The molecule has 1 aliphatic heterocycles. The molecule has 4 N–H and O–H groups in total. The first-order valence-corrected chi connectivity index (χ1v) is 7.98. The van der Waals surface area contributed by atoms with E-state index in [4.69, 9.17) is 5.73 Å². The number of aromatic nitrogens is 2. The summed E-state index contributed by atoms with van der Waals surface area (Å²) in [7, 11) is 0. The van der Waals surface area contributed by atoms with Crippen LogP contribution in [0.3, 0.4) is 0 Å². The van der Waals surface area contributed by atoms with Crippen LogP contribution in [0.2, 0.25) is 0 Å². The fourth-order valence-corrected chi connectivity index (χ4v) is 2.82. The second-order valence-electron chi connectivity index (χ2n) is 6.09. The number of nitrogens with two attached hydrogens (primary N) is 1. The third-order valence-corrected chi connectivity index (χ3v) is 4.25. The van der Waals surface area contributed by atoms with Crippen molar-refractivity contribution in [2.75, 3.05) is 13.1 Å². The number of imidazole rings is 1. The summed E-state index contributed by atoms with van der Waals surface area (Å²) < 4.78 is 0. The highest BCUT2D eigenvalue weighted by atomic mass is 16.2. The molecule has 0 spiro atoms. The molecule has 1 fully saturated rings. The Balaban J connectivity index is 1.77. The summed E-state index contributed by atoms with van der Waals surface area (Å²) in [5.41, 5.74) is 6.43. The average Bonchev–Trinajstić information content (AvgIpc) is 3.05. The smallest absolute Gasteiger partial charge is 0.244 e. The molecule has 0 bridgehead atoms. The van der Waals surface area contributed by atoms with Gasteiger partial charge in [0.15, 0.2) is 0 Å². The third-order valence-electron chi connectivity index (χ3n) is 4.25. The van der Waals surface area contributed by atoms with Gasteiger partial charge in [0.1, 0.15) is 0 Å². The molecular weight excluding hydrogens is 294 g/mol. The van der Waals surface area contributed by atoms with Crippen LogP contribution in [-0.4, -0.2) is 51.9 Å². The van der Waals surface area contributed by atoms with Crippen LogP contribution >= 0.6 is 0 Å². The minimum atomic E-state index is -0.448. The summed E-state index contributed by atoms with van der Waals surface area (Å²) in [5, 5.41) is 2.99. The molecular formula is C16H25N5O2. The van der Waals surface area contributed by atoms with Gasteiger partial charge in [-0.3, -0.25) is 9.59 Å². The quantitative estimate of drug-likeness (QED) is 0.688. The van der Waals surface area contributed by atoms with Gasteiger partial charge in [0.25, 0.3) is 0 Å². The Morgan fingerprint density at radius 3 is 2.70 bits per heavy atom. The normalized spacial score (nSPS) is 18.8. The van der Waals surface area contributed by atoms with Crippen LogP contribution in [0.15, 0.2) is 18.6 Å². The maximum absolute atomic E-state index is 11.9. The van der Waals surface area contributed by atoms with E-state index < -0.39 is 6.04 Å². The number of H-pyrrole nitrogens is 1. The lowest BCUT2D eigenvalue weighted by atomic mass is 9.90. The molecule has 2 rings (SSSR count). The second-order valence-corrected chi connectivity index (χ2v) is 6.09. The van der Waals surface area contributed by atoms with E-state index >= 15 is 0 Å². The first-order valence-electron chi connectivity index (χ1n) is 7.98. The van der Waals surface area contributed by atoms with Crippen molar-refractivity contribution < 1.29 is 9.59 Å². The Bertz CT molecular complexity index is 545. The van der Waals surface area contributed by atoms with Crippen LogP contribution in [0.4, 0.5) is 0 Å². The van der Waals surface area contributed by atoms with Crippen molar-refractivity contribution in [3.63, 3.8) is 0 Å². The molecule has 0 aliphatic carbocycles. The van der Waals surface area contributed by atoms with Crippen molar-refractivity contribution in [3.05, 3.63) is 24.3 Å². The van der Waals surface area contributed by atoms with Crippen LogP contribution < -0.4 is 11.1 Å². The maximum atomic E-state index is 11.9. The van der Waals surface area contributed by atoms with E-state index in [2.05, 4.69) is 15.3 Å². The van der Waals surface area contributed by atoms with Gasteiger partial charge in [-0.2, -0.15) is 0 Å². The number of aromatic amines is 1. The maximum Gasteiger partial charge on any atom is 0.244 e. The van der Waals surface area contributed by atoms with Crippen LogP contribution in [0.25, 0.3) is 6.08 Å². The highest BCUT2D eigenvalue weighted by molar-refractivity contribution is 5.91. The molecule has 0 saturated carbocycles. The van der Waals surface area contributed by atoms with Crippen LogP contribution in [0.1, 0.15) is 32.4 Å². The van der Waals surface area contributed by atoms with Crippen molar-refractivity contribution in [2.45, 2.75) is 38.8 Å². The van der Waals surface area contributed by atoms with Gasteiger partial charge >= 0.3 is 0 Å². The number of amides is 2. The summed E-state index contributed by atoms with van der Waals surface area (Å²) in [6.07, 6.45) is 8.17. The number of rotatable bonds is 5. The van der Waals surface area contributed by atoms with E-state index in [-0.39, 0.29) is 17.9 Å². The van der Waals surface area contributed by atoms with Gasteiger partial charge in [0.2, 0.25) is 11.8 Å². The second kappa shape index (κ2) is 7.92. The zero-order chi connectivity index (χ0) is 16.8. The number of nitrogens with zero attached hydrogens (tertiary/aromatic N) is 2. The number of hydrogen-bond donors (Lipinski definition) is 3. The number of likely N-dealkylation sites (tertiary alicyclic amines) is 1. The minimum Gasteiger partial charge on any atom is -0.350 e. The molecule has 126 valence electrons. The molecule has 2 heterocycles. The zero-order valence-electron chi connectivity index (χ0n) is 13.7. The first kappa shape index (κ1) is 17.2. The lowest BCUT2D eigenvalue weighted by Gasteiger charge is -2.35. The van der Waals surface area contributed by atoms with E-state index in [1.807, 2.05) is 11.8 Å². The highest BCUT2D eigenvalue weighted by Gasteiger charge is 2.27. The average molecular weight is 319 g/mol. The fraction of sp³-hybridized carbons (Fsp3) is 0.562. The van der Waals surface area contributed by atoms with Crippen molar-refractivity contribution in [3.8, 4) is 0 Å². The number of piperidine rings is 1. The van der Waals surface area contributed by atoms with Gasteiger partial charge in [-0.25, -0.2) is 4.98 Å². The molecule has 1 aromatic heterocycles. The lowest BCUT2D eigenvalue weighted by molar-refractivity contribution is -0.133. The Labute approximate surface area is 136 Å². The van der Waals surface area contributed by atoms with E-state index in [9.17, 15) is 9.59 Å². The third kappa shape index (κ3) is 4.92. The molecule has 2 atom stereocenters. The van der Waals surface area contributed by atoms with Crippen LogP contribution in [-0.2, 0) is 9.59 Å². The molecule has 1 aliphatic rings. The molecule has 1 saturated heterocycles. The lowest BCUT2D eigenvalue weighted by Crippen LogP contribution is -2.49. The van der Waals surface area contributed by atoms with Gasteiger partial charge in [0.05, 0.1) is 24.3 Å². The van der Waals surface area contributed by atoms with E-state index in [1.54, 1.807) is 25.5 Å². The predicted octanol–water partition coefficient (Wildman–Crippen LogP) is 0.513. The van der Waals surface area contributed by atoms with Crippen LogP contribution in [0.5, 0.6) is 0 Å². The van der Waals surface area contributed by atoms with Gasteiger partial charge in [0, 0.05) is 25.2 Å². The van der Waals surface area contributed by atoms with Gasteiger partial charge < -0.3 is 20.9 Å². The van der Waals surface area contributed by atoms with Gasteiger partial charge in [-0.1, -0.05) is 0 Å². The summed E-state index contributed by atoms with van der Waals surface area (Å²) in [6.45, 7) is 5.13. The number of carbonyl (C=O) groups excluding carboxylic acids is 2. The molecule has 0 radical (unpaired) electrons. The number of hydrogen-bond acceptors (Lipinski definition) is 4. The van der Waals surface area contributed by atoms with E-state index in [0.717, 1.165) is 18.5 Å². The Morgan fingerprint density at radius 1 is 1.43 bits per heavy atom. The van der Waals surface area contributed by atoms with Crippen molar-refractivity contribution in [2.24, 2.45) is 11.7 Å². The van der Waals surface area contributed by atoms with Crippen LogP contribution in [0, 0.1) is 5.92 Å². The minimum absolute atomic E-state index is 0.00243. The summed E-state index contributed by atoms with van der Waals surface area (Å²) in [4.78, 5) is 32.4. The molecule has 7 nitrogen and oxygen atoms in total. The van der Waals surface area contributed by atoms with Crippen molar-refractivity contribution >= 4 is 17.9 Å². The van der Waals surface area contributed by atoms with Crippen molar-refractivity contribution in [1.29, 1.82) is 0 Å². The molecule has 2 amide bonds. The Hall–Kier alpha value is -2.15. The molecule has 7 heteroatoms. The topological polar surface area (TPSA) is 104 Å².